The Labute approximate surface area is 137 Å². The zero-order chi connectivity index (χ0) is 16.9. The molecule has 0 aliphatic carbocycles. The molecule has 0 spiro atoms. The minimum Gasteiger partial charge on any atom is -0.448 e. The summed E-state index contributed by atoms with van der Waals surface area (Å²) in [6, 6.07) is 7.43. The van der Waals surface area contributed by atoms with Gasteiger partial charge in [-0.25, -0.2) is 9.37 Å². The number of pyridine rings is 1. The topological polar surface area (TPSA) is 68.0 Å². The van der Waals surface area contributed by atoms with E-state index in [1.165, 1.54) is 30.7 Å². The van der Waals surface area contributed by atoms with Gasteiger partial charge in [0.05, 0.1) is 17.4 Å². The molecule has 24 heavy (non-hydrogen) atoms. The Kier molecular flexibility index (Phi) is 4.34. The minimum atomic E-state index is -0.626. The number of nitrogens with zero attached hydrogens (tertiary/aromatic N) is 2. The highest BCUT2D eigenvalue weighted by molar-refractivity contribution is 6.04. The van der Waals surface area contributed by atoms with E-state index in [9.17, 15) is 9.18 Å². The van der Waals surface area contributed by atoms with Crippen LogP contribution in [0, 0.1) is 24.6 Å². The molecule has 0 bridgehead atoms. The zero-order valence-electron chi connectivity index (χ0n) is 12.7. The number of amides is 1. The number of nitrogens with one attached hydrogen (secondary N) is 1. The Morgan fingerprint density at radius 2 is 2.17 bits per heavy atom. The van der Waals surface area contributed by atoms with Crippen molar-refractivity contribution in [2.24, 2.45) is 0 Å². The van der Waals surface area contributed by atoms with E-state index >= 15 is 0 Å². The lowest BCUT2D eigenvalue weighted by atomic mass is 10.1. The second kappa shape index (κ2) is 6.75. The highest BCUT2D eigenvalue weighted by atomic mass is 19.1. The third-order valence-corrected chi connectivity index (χ3v) is 3.08. The molecule has 1 aromatic carbocycles. The van der Waals surface area contributed by atoms with Crippen LogP contribution in [0.3, 0.4) is 0 Å². The maximum absolute atomic E-state index is 13.9. The van der Waals surface area contributed by atoms with Crippen LogP contribution < -0.4 is 5.32 Å². The Hall–Kier alpha value is -3.46. The molecule has 0 saturated carbocycles. The molecule has 3 rings (SSSR count). The Bertz CT molecular complexity index is 940. The normalized spacial score (nSPS) is 9.92. The van der Waals surface area contributed by atoms with E-state index < -0.39 is 11.7 Å². The van der Waals surface area contributed by atoms with Gasteiger partial charge in [-0.1, -0.05) is 5.92 Å². The zero-order valence-corrected chi connectivity index (χ0v) is 12.7. The van der Waals surface area contributed by atoms with Crippen LogP contribution in [0.25, 0.3) is 0 Å². The molecule has 1 N–H and O–H groups in total. The van der Waals surface area contributed by atoms with E-state index in [0.29, 0.717) is 22.8 Å². The van der Waals surface area contributed by atoms with Gasteiger partial charge in [0.2, 0.25) is 0 Å². The van der Waals surface area contributed by atoms with Crippen LogP contribution in [-0.2, 0) is 0 Å². The van der Waals surface area contributed by atoms with Gasteiger partial charge in [0.25, 0.3) is 5.91 Å². The molecule has 5 nitrogen and oxygen atoms in total. The SMILES string of the molecule is Cc1nc(C#Cc2ccc(F)c(C(=O)Nc3cccnc3)c2)co1. The smallest absolute Gasteiger partial charge is 0.258 e. The molecular weight excluding hydrogens is 309 g/mol. The van der Waals surface area contributed by atoms with Crippen molar-refractivity contribution in [1.29, 1.82) is 0 Å². The first kappa shape index (κ1) is 15.4. The summed E-state index contributed by atoms with van der Waals surface area (Å²) in [4.78, 5) is 20.2. The molecule has 0 aliphatic heterocycles. The van der Waals surface area contributed by atoms with Crippen molar-refractivity contribution in [2.45, 2.75) is 6.92 Å². The van der Waals surface area contributed by atoms with Gasteiger partial charge in [0, 0.05) is 18.7 Å². The number of carbonyl (C=O) groups is 1. The van der Waals surface area contributed by atoms with Crippen LogP contribution in [0.15, 0.2) is 53.4 Å². The lowest BCUT2D eigenvalue weighted by Crippen LogP contribution is -2.14. The molecule has 6 heteroatoms. The van der Waals surface area contributed by atoms with Gasteiger partial charge in [-0.3, -0.25) is 9.78 Å². The predicted molar refractivity (Wildman–Crippen MR) is 85.8 cm³/mol. The fourth-order valence-corrected chi connectivity index (χ4v) is 1.97. The first-order chi connectivity index (χ1) is 11.6. The summed E-state index contributed by atoms with van der Waals surface area (Å²) in [5, 5.41) is 2.59. The van der Waals surface area contributed by atoms with E-state index in [-0.39, 0.29) is 5.56 Å². The van der Waals surface area contributed by atoms with Crippen LogP contribution in [0.5, 0.6) is 0 Å². The van der Waals surface area contributed by atoms with Crippen LogP contribution in [0.2, 0.25) is 0 Å². The van der Waals surface area contributed by atoms with Gasteiger partial charge < -0.3 is 9.73 Å². The van der Waals surface area contributed by atoms with Crippen LogP contribution in [-0.4, -0.2) is 15.9 Å². The number of oxazole rings is 1. The maximum Gasteiger partial charge on any atom is 0.258 e. The molecule has 0 fully saturated rings. The summed E-state index contributed by atoms with van der Waals surface area (Å²) < 4.78 is 19.0. The molecule has 0 atom stereocenters. The fraction of sp³-hybridized carbons (Fsp3) is 0.0556. The molecule has 3 aromatic rings. The van der Waals surface area contributed by atoms with E-state index in [0.717, 1.165) is 0 Å². The first-order valence-corrected chi connectivity index (χ1v) is 7.07. The summed E-state index contributed by atoms with van der Waals surface area (Å²) >= 11 is 0. The van der Waals surface area contributed by atoms with Crippen molar-refractivity contribution in [1.82, 2.24) is 9.97 Å². The Morgan fingerprint density at radius 1 is 1.29 bits per heavy atom. The predicted octanol–water partition coefficient (Wildman–Crippen LogP) is 3.17. The van der Waals surface area contributed by atoms with Crippen molar-refractivity contribution in [3.05, 3.63) is 77.5 Å². The third kappa shape index (κ3) is 3.65. The number of anilines is 1. The molecule has 2 aromatic heterocycles. The number of halogens is 1. The summed E-state index contributed by atoms with van der Waals surface area (Å²) in [5.74, 6) is 4.94. The number of aryl methyl sites for hydroxylation is 1. The van der Waals surface area contributed by atoms with Crippen LogP contribution in [0.1, 0.15) is 27.5 Å². The fourth-order valence-electron chi connectivity index (χ4n) is 1.97. The first-order valence-electron chi connectivity index (χ1n) is 7.07. The number of aromatic nitrogens is 2. The van der Waals surface area contributed by atoms with Gasteiger partial charge in [0.1, 0.15) is 12.1 Å². The molecule has 118 valence electrons. The molecule has 0 saturated heterocycles. The van der Waals surface area contributed by atoms with E-state index in [4.69, 9.17) is 4.42 Å². The molecule has 0 aliphatic rings. The van der Waals surface area contributed by atoms with Crippen LogP contribution in [0.4, 0.5) is 10.1 Å². The third-order valence-electron chi connectivity index (χ3n) is 3.08. The summed E-state index contributed by atoms with van der Waals surface area (Å²) in [5.41, 5.74) is 1.35. The maximum atomic E-state index is 13.9. The summed E-state index contributed by atoms with van der Waals surface area (Å²) in [6.45, 7) is 1.71. The van der Waals surface area contributed by atoms with Gasteiger partial charge >= 0.3 is 0 Å². The average Bonchev–Trinajstić information content (AvgIpc) is 3.00. The lowest BCUT2D eigenvalue weighted by Gasteiger charge is -2.06. The molecular formula is C18H12FN3O2. The lowest BCUT2D eigenvalue weighted by molar-refractivity contribution is 0.102. The summed E-state index contributed by atoms with van der Waals surface area (Å²) in [6.07, 6.45) is 4.49. The second-order valence-corrected chi connectivity index (χ2v) is 4.89. The van der Waals surface area contributed by atoms with E-state index in [1.807, 2.05) is 0 Å². The number of hydrogen-bond donors (Lipinski definition) is 1. The average molecular weight is 321 g/mol. The molecule has 0 radical (unpaired) electrons. The molecule has 0 unspecified atom stereocenters. The van der Waals surface area contributed by atoms with Crippen LogP contribution >= 0.6 is 0 Å². The quantitative estimate of drug-likeness (QED) is 0.736. The van der Waals surface area contributed by atoms with Crippen molar-refractivity contribution < 1.29 is 13.6 Å². The number of rotatable bonds is 2. The van der Waals surface area contributed by atoms with Gasteiger partial charge in [-0.2, -0.15) is 0 Å². The van der Waals surface area contributed by atoms with Crippen molar-refractivity contribution >= 4 is 11.6 Å². The number of benzene rings is 1. The monoisotopic (exact) mass is 321 g/mol. The highest BCUT2D eigenvalue weighted by Crippen LogP contribution is 2.13. The largest absolute Gasteiger partial charge is 0.448 e. The van der Waals surface area contributed by atoms with Gasteiger partial charge in [-0.05, 0) is 36.3 Å². The Balaban J connectivity index is 1.84. The van der Waals surface area contributed by atoms with Crippen molar-refractivity contribution in [3.63, 3.8) is 0 Å². The van der Waals surface area contributed by atoms with E-state index in [1.54, 1.807) is 25.3 Å². The second-order valence-electron chi connectivity index (χ2n) is 4.89. The Morgan fingerprint density at radius 3 is 2.88 bits per heavy atom. The van der Waals surface area contributed by atoms with Gasteiger partial charge in [-0.15, -0.1) is 0 Å². The van der Waals surface area contributed by atoms with Gasteiger partial charge in [0.15, 0.2) is 11.6 Å². The summed E-state index contributed by atoms with van der Waals surface area (Å²) in [7, 11) is 0. The van der Waals surface area contributed by atoms with Crippen molar-refractivity contribution in [3.8, 4) is 11.8 Å². The van der Waals surface area contributed by atoms with E-state index in [2.05, 4.69) is 27.1 Å². The molecule has 2 heterocycles. The number of carbonyl (C=O) groups excluding carboxylic acids is 1. The minimum absolute atomic E-state index is 0.0954. The number of hydrogen-bond acceptors (Lipinski definition) is 4. The van der Waals surface area contributed by atoms with Crippen molar-refractivity contribution in [2.75, 3.05) is 5.32 Å². The molecule has 1 amide bonds. The highest BCUT2D eigenvalue weighted by Gasteiger charge is 2.12. The standard InChI is InChI=1S/C18H12FN3O2/c1-12-21-15(11-24-12)6-4-13-5-7-17(19)16(9-13)18(23)22-14-3-2-8-20-10-14/h2-3,5,7-11H,1H3,(H,22,23).